The fourth-order valence-electron chi connectivity index (χ4n) is 2.00. The molecule has 0 radical (unpaired) electrons. The number of rotatable bonds is 6. The van der Waals surface area contributed by atoms with Gasteiger partial charge in [0, 0.05) is 19.1 Å². The molecule has 0 aliphatic rings. The molecule has 1 N–H and O–H groups in total. The first-order chi connectivity index (χ1) is 12.8. The molecule has 0 saturated carbocycles. The van der Waals surface area contributed by atoms with Crippen molar-refractivity contribution in [3.63, 3.8) is 0 Å². The van der Waals surface area contributed by atoms with Gasteiger partial charge in [-0.05, 0) is 55.0 Å². The predicted octanol–water partition coefficient (Wildman–Crippen LogP) is 3.61. The Morgan fingerprint density at radius 1 is 1.11 bits per heavy atom. The van der Waals surface area contributed by atoms with Gasteiger partial charge in [0.05, 0.1) is 16.3 Å². The van der Waals surface area contributed by atoms with Crippen LogP contribution in [0.5, 0.6) is 5.75 Å². The number of carbonyl (C=O) groups is 2. The molecule has 142 valence electrons. The van der Waals surface area contributed by atoms with Crippen molar-refractivity contribution in [2.75, 3.05) is 20.7 Å². The van der Waals surface area contributed by atoms with Crippen LogP contribution in [0.4, 0.5) is 0 Å². The van der Waals surface area contributed by atoms with E-state index in [1.54, 1.807) is 57.4 Å². The van der Waals surface area contributed by atoms with Gasteiger partial charge in [0.15, 0.2) is 6.61 Å². The van der Waals surface area contributed by atoms with Crippen molar-refractivity contribution < 1.29 is 14.3 Å². The Balaban J connectivity index is 2.00. The quantitative estimate of drug-likeness (QED) is 0.587. The molecule has 2 aromatic rings. The van der Waals surface area contributed by atoms with E-state index in [2.05, 4.69) is 10.5 Å². The third-order valence-corrected chi connectivity index (χ3v) is 4.20. The van der Waals surface area contributed by atoms with E-state index >= 15 is 0 Å². The lowest BCUT2D eigenvalue weighted by atomic mass is 10.1. The standard InChI is InChI=1S/C19H19Cl2N3O3/c1-12(22-23-19(26)16-10-14(20)6-9-17(16)21)13-4-7-15(8-5-13)27-11-18(25)24(2)3/h4-10H,11H2,1-3H3,(H,23,26)/b22-12-. The molecule has 0 fully saturated rings. The Bertz CT molecular complexity index is 865. The molecular weight excluding hydrogens is 389 g/mol. The van der Waals surface area contributed by atoms with Gasteiger partial charge < -0.3 is 9.64 Å². The highest BCUT2D eigenvalue weighted by molar-refractivity contribution is 6.35. The Hall–Kier alpha value is -2.57. The number of halogens is 2. The van der Waals surface area contributed by atoms with E-state index in [0.717, 1.165) is 5.56 Å². The Labute approximate surface area is 167 Å². The van der Waals surface area contributed by atoms with Crippen LogP contribution in [-0.2, 0) is 4.79 Å². The van der Waals surface area contributed by atoms with E-state index in [1.807, 2.05) is 0 Å². The Morgan fingerprint density at radius 2 is 1.78 bits per heavy atom. The average Bonchev–Trinajstić information content (AvgIpc) is 2.66. The smallest absolute Gasteiger partial charge is 0.272 e. The van der Waals surface area contributed by atoms with Gasteiger partial charge in [0.1, 0.15) is 5.75 Å². The van der Waals surface area contributed by atoms with Crippen LogP contribution in [-0.4, -0.2) is 43.1 Å². The van der Waals surface area contributed by atoms with Crippen LogP contribution in [0.25, 0.3) is 0 Å². The number of amides is 2. The summed E-state index contributed by atoms with van der Waals surface area (Å²) >= 11 is 11.9. The van der Waals surface area contributed by atoms with Gasteiger partial charge in [0.2, 0.25) is 0 Å². The number of benzene rings is 2. The van der Waals surface area contributed by atoms with Crippen molar-refractivity contribution >= 4 is 40.7 Å². The molecule has 2 aromatic carbocycles. The summed E-state index contributed by atoms with van der Waals surface area (Å²) in [5.74, 6) is -0.0142. The Kier molecular flexibility index (Phi) is 7.21. The first kappa shape index (κ1) is 20.7. The van der Waals surface area contributed by atoms with Crippen LogP contribution in [0.3, 0.4) is 0 Å². The van der Waals surface area contributed by atoms with E-state index < -0.39 is 5.91 Å². The van der Waals surface area contributed by atoms with E-state index in [4.69, 9.17) is 27.9 Å². The predicted molar refractivity (Wildman–Crippen MR) is 107 cm³/mol. The maximum atomic E-state index is 12.2. The van der Waals surface area contributed by atoms with Crippen molar-refractivity contribution in [2.45, 2.75) is 6.92 Å². The summed E-state index contributed by atoms with van der Waals surface area (Å²) < 4.78 is 5.42. The summed E-state index contributed by atoms with van der Waals surface area (Å²) in [6.45, 7) is 1.72. The topological polar surface area (TPSA) is 71.0 Å². The molecule has 0 spiro atoms. The molecule has 0 aliphatic carbocycles. The van der Waals surface area contributed by atoms with E-state index in [9.17, 15) is 9.59 Å². The number of hydrogen-bond donors (Lipinski definition) is 1. The average molecular weight is 408 g/mol. The van der Waals surface area contributed by atoms with Gasteiger partial charge in [-0.1, -0.05) is 23.2 Å². The highest BCUT2D eigenvalue weighted by Gasteiger charge is 2.11. The second-order valence-electron chi connectivity index (χ2n) is 5.86. The molecule has 2 amide bonds. The number of hydrazone groups is 1. The Morgan fingerprint density at radius 3 is 2.41 bits per heavy atom. The summed E-state index contributed by atoms with van der Waals surface area (Å²) in [4.78, 5) is 25.2. The molecule has 0 bridgehead atoms. The molecular formula is C19H19Cl2N3O3. The first-order valence-corrected chi connectivity index (χ1v) is 8.76. The van der Waals surface area contributed by atoms with Gasteiger partial charge in [-0.25, -0.2) is 5.43 Å². The maximum absolute atomic E-state index is 12.2. The maximum Gasteiger partial charge on any atom is 0.272 e. The van der Waals surface area contributed by atoms with Crippen molar-refractivity contribution in [3.05, 3.63) is 63.6 Å². The molecule has 0 atom stereocenters. The summed E-state index contributed by atoms with van der Waals surface area (Å²) in [5, 5.41) is 4.78. The van der Waals surface area contributed by atoms with Crippen LogP contribution in [0, 0.1) is 0 Å². The van der Waals surface area contributed by atoms with Crippen molar-refractivity contribution in [2.24, 2.45) is 5.10 Å². The molecule has 6 nitrogen and oxygen atoms in total. The van der Waals surface area contributed by atoms with Crippen LogP contribution in [0.2, 0.25) is 10.0 Å². The van der Waals surface area contributed by atoms with E-state index in [0.29, 0.717) is 21.5 Å². The molecule has 0 heterocycles. The van der Waals surface area contributed by atoms with Crippen LogP contribution in [0.15, 0.2) is 47.6 Å². The molecule has 0 saturated heterocycles. The summed E-state index contributed by atoms with van der Waals surface area (Å²) in [5.41, 5.74) is 4.09. The summed E-state index contributed by atoms with van der Waals surface area (Å²) in [6, 6.07) is 11.7. The second-order valence-corrected chi connectivity index (χ2v) is 6.71. The minimum absolute atomic E-state index is 0.0319. The van der Waals surface area contributed by atoms with E-state index in [1.165, 1.54) is 11.0 Å². The van der Waals surface area contributed by atoms with Crippen molar-refractivity contribution in [1.29, 1.82) is 0 Å². The van der Waals surface area contributed by atoms with Crippen molar-refractivity contribution in [1.82, 2.24) is 10.3 Å². The lowest BCUT2D eigenvalue weighted by Gasteiger charge is -2.11. The fraction of sp³-hybridized carbons (Fsp3) is 0.211. The normalized spacial score (nSPS) is 11.1. The number of hydrogen-bond acceptors (Lipinski definition) is 4. The molecule has 8 heteroatoms. The number of carbonyl (C=O) groups excluding carboxylic acids is 2. The number of ether oxygens (including phenoxy) is 1. The highest BCUT2D eigenvalue weighted by atomic mass is 35.5. The van der Waals surface area contributed by atoms with Crippen LogP contribution >= 0.6 is 23.2 Å². The number of likely N-dealkylation sites (N-methyl/N-ethyl adjacent to an activating group) is 1. The second kappa shape index (κ2) is 9.39. The lowest BCUT2D eigenvalue weighted by Crippen LogP contribution is -2.27. The summed E-state index contributed by atoms with van der Waals surface area (Å²) in [7, 11) is 3.33. The monoisotopic (exact) mass is 407 g/mol. The SMILES string of the molecule is C/C(=N/NC(=O)c1cc(Cl)ccc1Cl)c1ccc(OCC(=O)N(C)C)cc1. The molecule has 0 unspecified atom stereocenters. The zero-order valence-corrected chi connectivity index (χ0v) is 16.6. The van der Waals surface area contributed by atoms with Gasteiger partial charge in [0.25, 0.3) is 11.8 Å². The third-order valence-electron chi connectivity index (χ3n) is 3.63. The molecule has 0 aliphatic heterocycles. The van der Waals surface area contributed by atoms with Crippen LogP contribution in [0.1, 0.15) is 22.8 Å². The lowest BCUT2D eigenvalue weighted by molar-refractivity contribution is -0.130. The van der Waals surface area contributed by atoms with Gasteiger partial charge >= 0.3 is 0 Å². The zero-order chi connectivity index (χ0) is 20.0. The largest absolute Gasteiger partial charge is 0.484 e. The van der Waals surface area contributed by atoms with Crippen molar-refractivity contribution in [3.8, 4) is 5.75 Å². The zero-order valence-electron chi connectivity index (χ0n) is 15.1. The summed E-state index contributed by atoms with van der Waals surface area (Å²) in [6.07, 6.45) is 0. The molecule has 27 heavy (non-hydrogen) atoms. The van der Waals surface area contributed by atoms with E-state index in [-0.39, 0.29) is 18.1 Å². The van der Waals surface area contributed by atoms with Gasteiger partial charge in [-0.15, -0.1) is 0 Å². The number of nitrogens with zero attached hydrogens (tertiary/aromatic N) is 2. The minimum atomic E-state index is -0.455. The minimum Gasteiger partial charge on any atom is -0.484 e. The molecule has 0 aromatic heterocycles. The number of nitrogens with one attached hydrogen (secondary N) is 1. The first-order valence-electron chi connectivity index (χ1n) is 8.01. The van der Waals surface area contributed by atoms with Crippen LogP contribution < -0.4 is 10.2 Å². The fourth-order valence-corrected chi connectivity index (χ4v) is 2.37. The highest BCUT2D eigenvalue weighted by Crippen LogP contribution is 2.20. The van der Waals surface area contributed by atoms with Gasteiger partial charge in [-0.2, -0.15) is 5.10 Å². The van der Waals surface area contributed by atoms with Gasteiger partial charge in [-0.3, -0.25) is 9.59 Å². The molecule has 2 rings (SSSR count). The third kappa shape index (κ3) is 5.98.